The number of hydrogen-bond donors (Lipinski definition) is 0. The summed E-state index contributed by atoms with van der Waals surface area (Å²) in [6.45, 7) is 3.43. The summed E-state index contributed by atoms with van der Waals surface area (Å²) in [6.07, 6.45) is 3.88. The van der Waals surface area contributed by atoms with Gasteiger partial charge >= 0.3 is 0 Å². The van der Waals surface area contributed by atoms with Crippen molar-refractivity contribution in [3.05, 3.63) is 46.4 Å². The zero-order valence-corrected chi connectivity index (χ0v) is 14.4. The molecule has 4 rings (SSSR count). The zero-order chi connectivity index (χ0) is 16.4. The Labute approximate surface area is 145 Å². The minimum Gasteiger partial charge on any atom is -0.368 e. The van der Waals surface area contributed by atoms with Gasteiger partial charge in [0.2, 0.25) is 5.91 Å². The summed E-state index contributed by atoms with van der Waals surface area (Å²) in [7, 11) is 0. The van der Waals surface area contributed by atoms with Crippen molar-refractivity contribution in [1.82, 2.24) is 9.88 Å². The Balaban J connectivity index is 1.43. The quantitative estimate of drug-likeness (QED) is 0.859. The van der Waals surface area contributed by atoms with Crippen LogP contribution >= 0.6 is 11.3 Å². The van der Waals surface area contributed by atoms with E-state index in [0.29, 0.717) is 13.2 Å². The lowest BCUT2D eigenvalue weighted by molar-refractivity contribution is -0.122. The summed E-state index contributed by atoms with van der Waals surface area (Å²) in [6, 6.07) is 8.25. The molecule has 0 unspecified atom stereocenters. The fourth-order valence-electron chi connectivity index (χ4n) is 3.46. The molecule has 2 aromatic rings. The van der Waals surface area contributed by atoms with Crippen LogP contribution in [0.4, 0.5) is 5.69 Å². The van der Waals surface area contributed by atoms with E-state index in [1.54, 1.807) is 17.5 Å². The molecule has 3 heterocycles. The Morgan fingerprint density at radius 2 is 2.25 bits per heavy atom. The van der Waals surface area contributed by atoms with Crippen LogP contribution in [0.25, 0.3) is 0 Å². The van der Waals surface area contributed by atoms with E-state index in [2.05, 4.69) is 22.0 Å². The van der Waals surface area contributed by atoms with Crippen LogP contribution in [0.3, 0.4) is 0 Å². The highest BCUT2D eigenvalue weighted by molar-refractivity contribution is 7.09. The van der Waals surface area contributed by atoms with Gasteiger partial charge in [-0.3, -0.25) is 9.69 Å². The molecule has 6 heteroatoms. The molecule has 1 aromatic heterocycles. The number of para-hydroxylation sites is 1. The van der Waals surface area contributed by atoms with Gasteiger partial charge in [0, 0.05) is 36.9 Å². The molecular formula is C18H21N3O2S. The van der Waals surface area contributed by atoms with E-state index in [-0.39, 0.29) is 12.0 Å². The van der Waals surface area contributed by atoms with E-state index in [9.17, 15) is 4.79 Å². The van der Waals surface area contributed by atoms with Gasteiger partial charge < -0.3 is 9.64 Å². The molecule has 5 nitrogen and oxygen atoms in total. The summed E-state index contributed by atoms with van der Waals surface area (Å²) in [5.41, 5.74) is 2.36. The maximum Gasteiger partial charge on any atom is 0.241 e. The molecule has 1 saturated heterocycles. The highest BCUT2D eigenvalue weighted by Crippen LogP contribution is 2.28. The predicted octanol–water partition coefficient (Wildman–Crippen LogP) is 2.50. The van der Waals surface area contributed by atoms with Crippen LogP contribution in [0.1, 0.15) is 23.1 Å². The predicted molar refractivity (Wildman–Crippen MR) is 94.4 cm³/mol. The molecule has 0 N–H and O–H groups in total. The van der Waals surface area contributed by atoms with Crippen LogP contribution in [0.15, 0.2) is 35.8 Å². The number of hydrogen-bond acceptors (Lipinski definition) is 5. The number of nitrogens with zero attached hydrogens (tertiary/aromatic N) is 3. The van der Waals surface area contributed by atoms with Gasteiger partial charge in [0.25, 0.3) is 0 Å². The normalized spacial score (nSPS) is 21.5. The van der Waals surface area contributed by atoms with Crippen LogP contribution in [-0.2, 0) is 16.0 Å². The molecule has 1 atom stereocenters. The molecule has 2 aliphatic rings. The van der Waals surface area contributed by atoms with Crippen molar-refractivity contribution < 1.29 is 9.53 Å². The maximum absolute atomic E-state index is 12.9. The van der Waals surface area contributed by atoms with Gasteiger partial charge in [-0.1, -0.05) is 18.2 Å². The number of amides is 1. The van der Waals surface area contributed by atoms with Crippen molar-refractivity contribution in [1.29, 1.82) is 0 Å². The number of rotatable bonds is 3. The molecule has 0 aliphatic carbocycles. The first-order chi connectivity index (χ1) is 11.8. The van der Waals surface area contributed by atoms with E-state index in [1.807, 2.05) is 22.4 Å². The van der Waals surface area contributed by atoms with Crippen LogP contribution in [0, 0.1) is 0 Å². The molecule has 2 aliphatic heterocycles. The van der Waals surface area contributed by atoms with Crippen molar-refractivity contribution >= 4 is 22.9 Å². The molecule has 1 amide bonds. The molecule has 0 saturated carbocycles. The van der Waals surface area contributed by atoms with Crippen molar-refractivity contribution in [2.75, 3.05) is 37.7 Å². The van der Waals surface area contributed by atoms with Gasteiger partial charge in [0.05, 0.1) is 13.2 Å². The molecular weight excluding hydrogens is 322 g/mol. The number of carbonyl (C=O) groups is 1. The van der Waals surface area contributed by atoms with Gasteiger partial charge in [0.1, 0.15) is 11.1 Å². The lowest BCUT2D eigenvalue weighted by Crippen LogP contribution is -2.46. The summed E-state index contributed by atoms with van der Waals surface area (Å²) >= 11 is 1.61. The average Bonchev–Trinajstić information content (AvgIpc) is 3.16. The Kier molecular flexibility index (Phi) is 4.60. The fourth-order valence-corrected chi connectivity index (χ4v) is 4.14. The lowest BCUT2D eigenvalue weighted by atomic mass is 10.0. The van der Waals surface area contributed by atoms with Crippen LogP contribution in [-0.4, -0.2) is 48.6 Å². The second-order valence-corrected chi connectivity index (χ2v) is 7.17. The second kappa shape index (κ2) is 7.01. The summed E-state index contributed by atoms with van der Waals surface area (Å²) < 4.78 is 5.82. The molecule has 24 heavy (non-hydrogen) atoms. The van der Waals surface area contributed by atoms with Crippen molar-refractivity contribution in [3.63, 3.8) is 0 Å². The SMILES string of the molecule is O=C(CN1CCO[C@H](c2nccs2)C1)N1CCCc2ccccc21. The van der Waals surface area contributed by atoms with Crippen molar-refractivity contribution in [2.45, 2.75) is 18.9 Å². The number of carbonyl (C=O) groups excluding carboxylic acids is 1. The summed E-state index contributed by atoms with van der Waals surface area (Å²) in [5, 5.41) is 2.96. The Hall–Kier alpha value is -1.76. The smallest absolute Gasteiger partial charge is 0.241 e. The number of thiazole rings is 1. The summed E-state index contributed by atoms with van der Waals surface area (Å²) in [4.78, 5) is 21.3. The Morgan fingerprint density at radius 1 is 1.33 bits per heavy atom. The number of morpholine rings is 1. The van der Waals surface area contributed by atoms with E-state index < -0.39 is 0 Å². The number of fused-ring (bicyclic) bond motifs is 1. The van der Waals surface area contributed by atoms with Crippen LogP contribution in [0.2, 0.25) is 0 Å². The first-order valence-corrected chi connectivity index (χ1v) is 9.31. The number of aromatic nitrogens is 1. The largest absolute Gasteiger partial charge is 0.368 e. The van der Waals surface area contributed by atoms with E-state index in [1.165, 1.54) is 5.56 Å². The zero-order valence-electron chi connectivity index (χ0n) is 13.6. The third kappa shape index (κ3) is 3.22. The number of aryl methyl sites for hydroxylation is 1. The number of ether oxygens (including phenoxy) is 1. The van der Waals surface area contributed by atoms with Crippen molar-refractivity contribution in [3.8, 4) is 0 Å². The van der Waals surface area contributed by atoms with E-state index >= 15 is 0 Å². The topological polar surface area (TPSA) is 45.7 Å². The third-order valence-corrected chi connectivity index (χ3v) is 5.52. The Morgan fingerprint density at radius 3 is 3.12 bits per heavy atom. The van der Waals surface area contributed by atoms with Gasteiger partial charge in [-0.05, 0) is 24.5 Å². The highest BCUT2D eigenvalue weighted by Gasteiger charge is 2.28. The Bertz CT molecular complexity index is 704. The standard InChI is InChI=1S/C18H21N3O2S/c22-17(21-8-3-5-14-4-1-2-6-15(14)21)13-20-9-10-23-16(12-20)18-19-7-11-24-18/h1-2,4,6-7,11,16H,3,5,8-10,12-13H2/t16-/m0/s1. The van der Waals surface area contributed by atoms with E-state index in [4.69, 9.17) is 4.74 Å². The van der Waals surface area contributed by atoms with Gasteiger partial charge in [-0.25, -0.2) is 4.98 Å². The van der Waals surface area contributed by atoms with Crippen molar-refractivity contribution in [2.24, 2.45) is 0 Å². The highest BCUT2D eigenvalue weighted by atomic mass is 32.1. The maximum atomic E-state index is 12.9. The van der Waals surface area contributed by atoms with Crippen LogP contribution < -0.4 is 4.90 Å². The minimum absolute atomic E-state index is 0.0137. The molecule has 0 spiro atoms. The fraction of sp³-hybridized carbons (Fsp3) is 0.444. The molecule has 0 radical (unpaired) electrons. The molecule has 126 valence electrons. The number of anilines is 1. The monoisotopic (exact) mass is 343 g/mol. The van der Waals surface area contributed by atoms with Crippen LogP contribution in [0.5, 0.6) is 0 Å². The van der Waals surface area contributed by atoms with Gasteiger partial charge in [-0.15, -0.1) is 11.3 Å². The first-order valence-electron chi connectivity index (χ1n) is 8.43. The molecule has 1 aromatic carbocycles. The van der Waals surface area contributed by atoms with E-state index in [0.717, 1.165) is 43.2 Å². The average molecular weight is 343 g/mol. The number of benzene rings is 1. The summed E-state index contributed by atoms with van der Waals surface area (Å²) in [5.74, 6) is 0.182. The second-order valence-electron chi connectivity index (χ2n) is 6.24. The first kappa shape index (κ1) is 15.7. The minimum atomic E-state index is -0.0137. The third-order valence-electron chi connectivity index (χ3n) is 4.65. The molecule has 0 bridgehead atoms. The lowest BCUT2D eigenvalue weighted by Gasteiger charge is -2.35. The molecule has 1 fully saturated rings. The van der Waals surface area contributed by atoms with Gasteiger partial charge in [-0.2, -0.15) is 0 Å². The van der Waals surface area contributed by atoms with Gasteiger partial charge in [0.15, 0.2) is 0 Å².